The minimum absolute atomic E-state index is 0.241. The smallest absolute Gasteiger partial charge is 0.140 e. The van der Waals surface area contributed by atoms with Gasteiger partial charge in [-0.1, -0.05) is 12.1 Å². The fourth-order valence-corrected chi connectivity index (χ4v) is 2.33. The molecule has 1 aromatic carbocycles. The van der Waals surface area contributed by atoms with Crippen molar-refractivity contribution in [3.8, 4) is 6.07 Å². The van der Waals surface area contributed by atoms with Crippen LogP contribution in [0.25, 0.3) is 11.0 Å². The SMILES string of the molecule is N#CCc1cn(Cc2ccc(F)cc2)c2ncccc12. The topological polar surface area (TPSA) is 41.6 Å². The average Bonchev–Trinajstić information content (AvgIpc) is 2.81. The normalized spacial score (nSPS) is 10.6. The predicted molar refractivity (Wildman–Crippen MR) is 74.6 cm³/mol. The summed E-state index contributed by atoms with van der Waals surface area (Å²) in [6, 6.07) is 12.4. The number of aromatic nitrogens is 2. The van der Waals surface area contributed by atoms with Gasteiger partial charge >= 0.3 is 0 Å². The predicted octanol–water partition coefficient (Wildman–Crippen LogP) is 3.29. The van der Waals surface area contributed by atoms with E-state index in [9.17, 15) is 4.39 Å². The van der Waals surface area contributed by atoms with Crippen LogP contribution in [0.2, 0.25) is 0 Å². The number of benzene rings is 1. The highest BCUT2D eigenvalue weighted by Crippen LogP contribution is 2.21. The minimum Gasteiger partial charge on any atom is -0.328 e. The van der Waals surface area contributed by atoms with Crippen molar-refractivity contribution in [1.82, 2.24) is 9.55 Å². The summed E-state index contributed by atoms with van der Waals surface area (Å²) in [5.41, 5.74) is 2.82. The van der Waals surface area contributed by atoms with E-state index in [0.717, 1.165) is 22.2 Å². The molecule has 0 aliphatic rings. The van der Waals surface area contributed by atoms with Crippen LogP contribution >= 0.6 is 0 Å². The van der Waals surface area contributed by atoms with E-state index in [0.29, 0.717) is 13.0 Å². The zero-order chi connectivity index (χ0) is 13.9. The number of nitriles is 1. The fourth-order valence-electron chi connectivity index (χ4n) is 2.33. The van der Waals surface area contributed by atoms with Gasteiger partial charge in [-0.05, 0) is 35.4 Å². The molecule has 0 atom stereocenters. The number of halogens is 1. The molecule has 0 N–H and O–H groups in total. The number of pyridine rings is 1. The Balaban J connectivity index is 2.03. The van der Waals surface area contributed by atoms with Crippen molar-refractivity contribution in [2.75, 3.05) is 0 Å². The molecule has 2 aromatic heterocycles. The van der Waals surface area contributed by atoms with Crippen LogP contribution in [0.1, 0.15) is 11.1 Å². The number of fused-ring (bicyclic) bond motifs is 1. The first-order valence-electron chi connectivity index (χ1n) is 6.32. The summed E-state index contributed by atoms with van der Waals surface area (Å²) in [5, 5.41) is 9.88. The van der Waals surface area contributed by atoms with Crippen molar-refractivity contribution in [3.63, 3.8) is 0 Å². The van der Waals surface area contributed by atoms with E-state index < -0.39 is 0 Å². The molecule has 0 saturated carbocycles. The molecule has 3 aromatic rings. The summed E-state index contributed by atoms with van der Waals surface area (Å²) in [6.07, 6.45) is 4.04. The van der Waals surface area contributed by atoms with E-state index in [2.05, 4.69) is 11.1 Å². The summed E-state index contributed by atoms with van der Waals surface area (Å²) in [7, 11) is 0. The lowest BCUT2D eigenvalue weighted by Crippen LogP contribution is -1.99. The molecule has 98 valence electrons. The van der Waals surface area contributed by atoms with Crippen molar-refractivity contribution in [2.24, 2.45) is 0 Å². The third kappa shape index (κ3) is 2.26. The van der Waals surface area contributed by atoms with E-state index >= 15 is 0 Å². The van der Waals surface area contributed by atoms with Gasteiger partial charge in [-0.3, -0.25) is 0 Å². The Kier molecular flexibility index (Phi) is 3.18. The lowest BCUT2D eigenvalue weighted by Gasteiger charge is -2.04. The highest BCUT2D eigenvalue weighted by molar-refractivity contribution is 5.80. The largest absolute Gasteiger partial charge is 0.328 e. The van der Waals surface area contributed by atoms with Crippen LogP contribution < -0.4 is 0 Å². The van der Waals surface area contributed by atoms with Crippen LogP contribution in [0.3, 0.4) is 0 Å². The Morgan fingerprint density at radius 1 is 1.20 bits per heavy atom. The standard InChI is InChI=1S/C16H12FN3/c17-14-5-3-12(4-6-14)10-20-11-13(7-8-18)15-2-1-9-19-16(15)20/h1-6,9,11H,7,10H2. The van der Waals surface area contributed by atoms with Gasteiger partial charge in [0.25, 0.3) is 0 Å². The summed E-state index contributed by atoms with van der Waals surface area (Å²) in [6.45, 7) is 0.610. The first-order chi connectivity index (χ1) is 9.78. The van der Waals surface area contributed by atoms with Crippen molar-refractivity contribution in [2.45, 2.75) is 13.0 Å². The molecule has 20 heavy (non-hydrogen) atoms. The third-order valence-corrected chi connectivity index (χ3v) is 3.25. The maximum atomic E-state index is 12.9. The second kappa shape index (κ2) is 5.14. The highest BCUT2D eigenvalue weighted by atomic mass is 19.1. The molecule has 0 radical (unpaired) electrons. The molecule has 4 heteroatoms. The Hall–Kier alpha value is -2.67. The summed E-state index contributed by atoms with van der Waals surface area (Å²) >= 11 is 0. The quantitative estimate of drug-likeness (QED) is 0.729. The monoisotopic (exact) mass is 265 g/mol. The van der Waals surface area contributed by atoms with Crippen molar-refractivity contribution in [1.29, 1.82) is 5.26 Å². The van der Waals surface area contributed by atoms with Gasteiger partial charge in [0, 0.05) is 24.3 Å². The average molecular weight is 265 g/mol. The Bertz CT molecular complexity index is 782. The third-order valence-electron chi connectivity index (χ3n) is 3.25. The van der Waals surface area contributed by atoms with Gasteiger partial charge in [-0.2, -0.15) is 5.26 Å². The summed E-state index contributed by atoms with van der Waals surface area (Å²) in [4.78, 5) is 4.38. The first kappa shape index (κ1) is 12.4. The van der Waals surface area contributed by atoms with Gasteiger partial charge in [-0.25, -0.2) is 9.37 Å². The summed E-state index contributed by atoms with van der Waals surface area (Å²) in [5.74, 6) is -0.241. The first-order valence-corrected chi connectivity index (χ1v) is 6.32. The van der Waals surface area contributed by atoms with Gasteiger partial charge in [0.05, 0.1) is 12.5 Å². The second-order valence-electron chi connectivity index (χ2n) is 4.62. The van der Waals surface area contributed by atoms with Gasteiger partial charge in [0.1, 0.15) is 11.5 Å². The minimum atomic E-state index is -0.241. The molecule has 2 heterocycles. The maximum absolute atomic E-state index is 12.9. The van der Waals surface area contributed by atoms with Crippen LogP contribution in [-0.2, 0) is 13.0 Å². The zero-order valence-electron chi connectivity index (χ0n) is 10.8. The van der Waals surface area contributed by atoms with Crippen LogP contribution in [0.5, 0.6) is 0 Å². The van der Waals surface area contributed by atoms with Gasteiger partial charge in [-0.15, -0.1) is 0 Å². The molecule has 0 saturated heterocycles. The van der Waals surface area contributed by atoms with Gasteiger partial charge in [0.2, 0.25) is 0 Å². The number of nitrogens with zero attached hydrogens (tertiary/aromatic N) is 3. The highest BCUT2D eigenvalue weighted by Gasteiger charge is 2.09. The van der Waals surface area contributed by atoms with E-state index in [4.69, 9.17) is 5.26 Å². The van der Waals surface area contributed by atoms with Crippen LogP contribution in [0, 0.1) is 17.1 Å². The molecule has 0 bridgehead atoms. The molecule has 3 nitrogen and oxygen atoms in total. The van der Waals surface area contributed by atoms with Gasteiger partial charge < -0.3 is 4.57 Å². The van der Waals surface area contributed by atoms with Crippen molar-refractivity contribution < 1.29 is 4.39 Å². The van der Waals surface area contributed by atoms with Crippen LogP contribution in [0.15, 0.2) is 48.8 Å². The molecule has 0 unspecified atom stereocenters. The van der Waals surface area contributed by atoms with Crippen molar-refractivity contribution in [3.05, 3.63) is 65.7 Å². The van der Waals surface area contributed by atoms with E-state index in [1.165, 1.54) is 12.1 Å². The van der Waals surface area contributed by atoms with E-state index in [1.807, 2.05) is 22.9 Å². The molecule has 0 amide bonds. The van der Waals surface area contributed by atoms with E-state index in [1.54, 1.807) is 18.3 Å². The zero-order valence-corrected chi connectivity index (χ0v) is 10.8. The van der Waals surface area contributed by atoms with E-state index in [-0.39, 0.29) is 5.82 Å². The number of rotatable bonds is 3. The molecule has 3 rings (SSSR count). The molecular weight excluding hydrogens is 253 g/mol. The van der Waals surface area contributed by atoms with Crippen LogP contribution in [0.4, 0.5) is 4.39 Å². The fraction of sp³-hybridized carbons (Fsp3) is 0.125. The van der Waals surface area contributed by atoms with Gasteiger partial charge in [0.15, 0.2) is 0 Å². The number of hydrogen-bond donors (Lipinski definition) is 0. The molecule has 0 aliphatic heterocycles. The Morgan fingerprint density at radius 2 is 2.00 bits per heavy atom. The van der Waals surface area contributed by atoms with Crippen molar-refractivity contribution >= 4 is 11.0 Å². The number of hydrogen-bond acceptors (Lipinski definition) is 2. The molecule has 0 spiro atoms. The lowest BCUT2D eigenvalue weighted by atomic mass is 10.2. The molecule has 0 aliphatic carbocycles. The Labute approximate surface area is 115 Å². The summed E-state index contributed by atoms with van der Waals surface area (Å²) < 4.78 is 14.9. The Morgan fingerprint density at radius 3 is 2.75 bits per heavy atom. The second-order valence-corrected chi connectivity index (χ2v) is 4.62. The molecule has 0 fully saturated rings. The lowest BCUT2D eigenvalue weighted by molar-refractivity contribution is 0.626. The maximum Gasteiger partial charge on any atom is 0.140 e. The molecular formula is C16H12FN3. The van der Waals surface area contributed by atoms with Crippen LogP contribution in [-0.4, -0.2) is 9.55 Å².